The minimum Gasteiger partial charge on any atom is -0.267 e. The summed E-state index contributed by atoms with van der Waals surface area (Å²) in [6.07, 6.45) is 0. The van der Waals surface area contributed by atoms with Gasteiger partial charge in [0.15, 0.2) is 0 Å². The van der Waals surface area contributed by atoms with Gasteiger partial charge in [-0.2, -0.15) is 10.2 Å². The van der Waals surface area contributed by atoms with Crippen LogP contribution in [-0.4, -0.2) is 23.2 Å². The minimum absolute atomic E-state index is 0.366. The summed E-state index contributed by atoms with van der Waals surface area (Å²) in [5, 5.41) is 8.50. The Balaban J connectivity index is 1.15. The topological polar surface area (TPSA) is 82.9 Å². The van der Waals surface area contributed by atoms with Crippen LogP contribution < -0.4 is 10.9 Å². The Morgan fingerprint density at radius 2 is 0.690 bits per heavy atom. The highest BCUT2D eigenvalue weighted by atomic mass is 16.2. The molecule has 0 aliphatic heterocycles. The second kappa shape index (κ2) is 13.2. The zero-order valence-corrected chi connectivity index (χ0v) is 23.4. The van der Waals surface area contributed by atoms with Crippen LogP contribution in [0.2, 0.25) is 0 Å². The van der Waals surface area contributed by atoms with E-state index in [4.69, 9.17) is 0 Å². The van der Waals surface area contributed by atoms with E-state index >= 15 is 0 Å². The first-order valence-corrected chi connectivity index (χ1v) is 13.6. The van der Waals surface area contributed by atoms with Gasteiger partial charge >= 0.3 is 0 Å². The second-order valence-corrected chi connectivity index (χ2v) is 9.74. The van der Waals surface area contributed by atoms with Crippen molar-refractivity contribution in [2.24, 2.45) is 10.2 Å². The van der Waals surface area contributed by atoms with Crippen molar-refractivity contribution in [1.29, 1.82) is 0 Å². The number of nitrogens with one attached hydrogen (secondary N) is 2. The predicted octanol–water partition coefficient (Wildman–Crippen LogP) is 7.33. The van der Waals surface area contributed by atoms with Crippen molar-refractivity contribution in [2.75, 3.05) is 0 Å². The molecule has 5 aromatic rings. The standard InChI is InChI=1S/C36H30N4O2/c1-25(27-13-17-31(18-14-27)29-9-5-3-6-10-29)37-39-35(41)33-21-23-34(24-22-33)36(42)40-38-26(2)28-15-19-32(20-16-28)30-11-7-4-8-12-30/h3-24H,1-2H3,(H,39,41)(H,40,42). The fourth-order valence-corrected chi connectivity index (χ4v) is 4.37. The zero-order chi connectivity index (χ0) is 29.3. The molecule has 0 fully saturated rings. The molecule has 6 heteroatoms. The molecule has 0 aliphatic carbocycles. The lowest BCUT2D eigenvalue weighted by molar-refractivity contribution is 0.0943. The smallest absolute Gasteiger partial charge is 0.267 e. The third kappa shape index (κ3) is 6.92. The molecule has 5 rings (SSSR count). The fraction of sp³-hybridized carbons (Fsp3) is 0.0556. The number of hydrazone groups is 2. The molecule has 0 saturated carbocycles. The maximum Gasteiger partial charge on any atom is 0.271 e. The number of benzene rings is 5. The quantitative estimate of drug-likeness (QED) is 0.157. The molecular weight excluding hydrogens is 520 g/mol. The molecule has 0 unspecified atom stereocenters. The molecule has 2 amide bonds. The van der Waals surface area contributed by atoms with Crippen LogP contribution in [0.25, 0.3) is 22.3 Å². The van der Waals surface area contributed by atoms with E-state index in [9.17, 15) is 9.59 Å². The fourth-order valence-electron chi connectivity index (χ4n) is 4.37. The van der Waals surface area contributed by atoms with Gasteiger partial charge in [-0.25, -0.2) is 10.9 Å². The molecule has 206 valence electrons. The normalized spacial score (nSPS) is 11.6. The molecule has 0 bridgehead atoms. The Morgan fingerprint density at radius 3 is 1.02 bits per heavy atom. The molecule has 0 aliphatic rings. The average molecular weight is 551 g/mol. The summed E-state index contributed by atoms with van der Waals surface area (Å²) in [5.74, 6) is -0.731. The summed E-state index contributed by atoms with van der Waals surface area (Å²) >= 11 is 0. The summed E-state index contributed by atoms with van der Waals surface area (Å²) < 4.78 is 0. The number of rotatable bonds is 8. The van der Waals surface area contributed by atoms with Gasteiger partial charge in [-0.05, 0) is 71.5 Å². The maximum absolute atomic E-state index is 12.6. The van der Waals surface area contributed by atoms with Gasteiger partial charge in [-0.15, -0.1) is 0 Å². The van der Waals surface area contributed by atoms with Crippen LogP contribution in [-0.2, 0) is 0 Å². The largest absolute Gasteiger partial charge is 0.271 e. The molecule has 2 N–H and O–H groups in total. The van der Waals surface area contributed by atoms with Crippen molar-refractivity contribution < 1.29 is 9.59 Å². The molecule has 42 heavy (non-hydrogen) atoms. The van der Waals surface area contributed by atoms with Crippen LogP contribution in [0.4, 0.5) is 0 Å². The predicted molar refractivity (Wildman–Crippen MR) is 170 cm³/mol. The monoisotopic (exact) mass is 550 g/mol. The number of nitrogens with zero attached hydrogens (tertiary/aromatic N) is 2. The summed E-state index contributed by atoms with van der Waals surface area (Å²) in [6.45, 7) is 3.68. The SMILES string of the molecule is CC(=NNC(=O)c1ccc(C(=O)NN=C(C)c2ccc(-c3ccccc3)cc2)cc1)c1ccc(-c2ccccc2)cc1. The van der Waals surface area contributed by atoms with Crippen LogP contribution in [0.5, 0.6) is 0 Å². The van der Waals surface area contributed by atoms with Crippen molar-refractivity contribution >= 4 is 23.2 Å². The molecule has 5 aromatic carbocycles. The number of carbonyl (C=O) groups excluding carboxylic acids is 2. The van der Waals surface area contributed by atoms with E-state index in [-0.39, 0.29) is 11.8 Å². The van der Waals surface area contributed by atoms with Crippen LogP contribution in [0.1, 0.15) is 45.7 Å². The van der Waals surface area contributed by atoms with Crippen molar-refractivity contribution in [3.05, 3.63) is 156 Å². The first-order valence-electron chi connectivity index (χ1n) is 13.6. The Labute approximate surface area is 245 Å². The van der Waals surface area contributed by atoms with E-state index in [0.29, 0.717) is 22.6 Å². The van der Waals surface area contributed by atoms with Crippen molar-refractivity contribution in [2.45, 2.75) is 13.8 Å². The van der Waals surface area contributed by atoms with E-state index in [2.05, 4.69) is 45.3 Å². The van der Waals surface area contributed by atoms with Gasteiger partial charge in [0.05, 0.1) is 11.4 Å². The van der Waals surface area contributed by atoms with E-state index in [1.807, 2.05) is 98.8 Å². The molecule has 0 heterocycles. The molecule has 0 radical (unpaired) electrons. The molecule has 0 atom stereocenters. The van der Waals surface area contributed by atoms with Crippen LogP contribution in [0.3, 0.4) is 0 Å². The van der Waals surface area contributed by atoms with Gasteiger partial charge in [-0.3, -0.25) is 9.59 Å². The number of hydrogen-bond acceptors (Lipinski definition) is 4. The molecule has 6 nitrogen and oxygen atoms in total. The third-order valence-electron chi connectivity index (χ3n) is 6.88. The van der Waals surface area contributed by atoms with Gasteiger partial charge in [0.1, 0.15) is 0 Å². The van der Waals surface area contributed by atoms with Gasteiger partial charge in [0.2, 0.25) is 0 Å². The molecule has 0 saturated heterocycles. The second-order valence-electron chi connectivity index (χ2n) is 9.74. The average Bonchev–Trinajstić information content (AvgIpc) is 3.06. The highest BCUT2D eigenvalue weighted by Gasteiger charge is 2.10. The van der Waals surface area contributed by atoms with Crippen LogP contribution >= 0.6 is 0 Å². The minimum atomic E-state index is -0.366. The lowest BCUT2D eigenvalue weighted by Gasteiger charge is -2.07. The van der Waals surface area contributed by atoms with E-state index in [1.165, 1.54) is 0 Å². The van der Waals surface area contributed by atoms with E-state index in [1.54, 1.807) is 24.3 Å². The first-order chi connectivity index (χ1) is 20.5. The Hall–Kier alpha value is -5.62. The van der Waals surface area contributed by atoms with Crippen molar-refractivity contribution in [3.63, 3.8) is 0 Å². The van der Waals surface area contributed by atoms with Gasteiger partial charge in [0, 0.05) is 11.1 Å². The van der Waals surface area contributed by atoms with Crippen molar-refractivity contribution in [3.8, 4) is 22.3 Å². The van der Waals surface area contributed by atoms with Gasteiger partial charge in [-0.1, -0.05) is 109 Å². The maximum atomic E-state index is 12.6. The van der Waals surface area contributed by atoms with E-state index < -0.39 is 0 Å². The number of carbonyl (C=O) groups is 2. The summed E-state index contributed by atoms with van der Waals surface area (Å²) in [5.41, 5.74) is 13.6. The van der Waals surface area contributed by atoms with E-state index in [0.717, 1.165) is 33.4 Å². The summed E-state index contributed by atoms with van der Waals surface area (Å²) in [6, 6.07) is 42.6. The van der Waals surface area contributed by atoms with Crippen LogP contribution in [0, 0.1) is 0 Å². The zero-order valence-electron chi connectivity index (χ0n) is 23.4. The van der Waals surface area contributed by atoms with Crippen molar-refractivity contribution in [1.82, 2.24) is 10.9 Å². The summed E-state index contributed by atoms with van der Waals surface area (Å²) in [7, 11) is 0. The number of amides is 2. The molecule has 0 spiro atoms. The highest BCUT2D eigenvalue weighted by Crippen LogP contribution is 2.20. The van der Waals surface area contributed by atoms with Gasteiger partial charge in [0.25, 0.3) is 11.8 Å². The molecular formula is C36H30N4O2. The Kier molecular flexibility index (Phi) is 8.75. The summed E-state index contributed by atoms with van der Waals surface area (Å²) in [4.78, 5) is 25.3. The highest BCUT2D eigenvalue weighted by molar-refractivity contribution is 6.03. The number of hydrogen-bond donors (Lipinski definition) is 2. The lowest BCUT2D eigenvalue weighted by Crippen LogP contribution is -2.21. The van der Waals surface area contributed by atoms with Gasteiger partial charge < -0.3 is 0 Å². The lowest BCUT2D eigenvalue weighted by atomic mass is 10.0. The Bertz CT molecular complexity index is 1590. The first kappa shape index (κ1) is 27.9. The third-order valence-corrected chi connectivity index (χ3v) is 6.88. The van der Waals surface area contributed by atoms with Crippen LogP contribution in [0.15, 0.2) is 144 Å². The molecule has 0 aromatic heterocycles. The Morgan fingerprint density at radius 1 is 0.405 bits per heavy atom.